The van der Waals surface area contributed by atoms with E-state index in [-0.39, 0.29) is 23.8 Å². The zero-order valence-corrected chi connectivity index (χ0v) is 21.1. The van der Waals surface area contributed by atoms with Crippen LogP contribution in [0.25, 0.3) is 0 Å². The Bertz CT molecular complexity index is 1020. The number of nitrogens with one attached hydrogen (secondary N) is 1. The molecule has 4 nitrogen and oxygen atoms in total. The molecule has 36 heavy (non-hydrogen) atoms. The van der Waals surface area contributed by atoms with Crippen LogP contribution in [0.2, 0.25) is 0 Å². The van der Waals surface area contributed by atoms with Crippen molar-refractivity contribution in [3.8, 4) is 0 Å². The van der Waals surface area contributed by atoms with Crippen LogP contribution >= 0.6 is 0 Å². The average Bonchev–Trinajstić information content (AvgIpc) is 2.93. The van der Waals surface area contributed by atoms with Crippen LogP contribution in [0.1, 0.15) is 67.6 Å². The lowest BCUT2D eigenvalue weighted by molar-refractivity contribution is -0.134. The summed E-state index contributed by atoms with van der Waals surface area (Å²) in [6.45, 7) is 1.09. The third-order valence-corrected chi connectivity index (χ3v) is 7.27. The summed E-state index contributed by atoms with van der Waals surface area (Å²) in [7, 11) is 0. The van der Waals surface area contributed by atoms with E-state index in [1.807, 2.05) is 47.4 Å². The van der Waals surface area contributed by atoms with E-state index in [0.29, 0.717) is 25.9 Å². The Morgan fingerprint density at radius 2 is 1.33 bits per heavy atom. The molecule has 1 saturated carbocycles. The highest BCUT2D eigenvalue weighted by Crippen LogP contribution is 2.27. The topological polar surface area (TPSA) is 49.4 Å². The van der Waals surface area contributed by atoms with Crippen molar-refractivity contribution in [3.63, 3.8) is 0 Å². The van der Waals surface area contributed by atoms with Crippen molar-refractivity contribution in [1.29, 1.82) is 0 Å². The average molecular weight is 483 g/mol. The number of hydrogen-bond donors (Lipinski definition) is 1. The maximum atomic E-state index is 13.2. The third-order valence-electron chi connectivity index (χ3n) is 7.27. The molecule has 1 fully saturated rings. The molecule has 188 valence electrons. The molecule has 4 heteroatoms. The second-order valence-corrected chi connectivity index (χ2v) is 9.80. The lowest BCUT2D eigenvalue weighted by Gasteiger charge is -2.34. The number of rotatable bonds is 11. The van der Waals surface area contributed by atoms with Crippen LogP contribution in [-0.4, -0.2) is 35.8 Å². The highest BCUT2D eigenvalue weighted by atomic mass is 16.2. The molecule has 1 aliphatic carbocycles. The van der Waals surface area contributed by atoms with Crippen molar-refractivity contribution in [2.45, 2.75) is 63.3 Å². The SMILES string of the molecule is O=C(CCN(C(=O)Cc1ccccc1)C1CCCCC1)NCCC(c1ccccc1)c1ccccc1. The Labute approximate surface area is 215 Å². The smallest absolute Gasteiger partial charge is 0.227 e. The van der Waals surface area contributed by atoms with Gasteiger partial charge >= 0.3 is 0 Å². The fourth-order valence-electron chi connectivity index (χ4n) is 5.34. The minimum absolute atomic E-state index is 0.0168. The van der Waals surface area contributed by atoms with Crippen LogP contribution in [0.15, 0.2) is 91.0 Å². The van der Waals surface area contributed by atoms with Gasteiger partial charge in [-0.15, -0.1) is 0 Å². The van der Waals surface area contributed by atoms with Gasteiger partial charge in [-0.2, -0.15) is 0 Å². The van der Waals surface area contributed by atoms with Gasteiger partial charge in [-0.25, -0.2) is 0 Å². The molecular weight excluding hydrogens is 444 g/mol. The molecule has 0 saturated heterocycles. The molecule has 2 amide bonds. The third kappa shape index (κ3) is 7.55. The van der Waals surface area contributed by atoms with Gasteiger partial charge in [0.25, 0.3) is 0 Å². The van der Waals surface area contributed by atoms with E-state index in [9.17, 15) is 9.59 Å². The van der Waals surface area contributed by atoms with Crippen LogP contribution in [0, 0.1) is 0 Å². The Kier molecular flexibility index (Phi) is 9.72. The first-order valence-electron chi connectivity index (χ1n) is 13.4. The summed E-state index contributed by atoms with van der Waals surface area (Å²) >= 11 is 0. The molecule has 1 aliphatic rings. The van der Waals surface area contributed by atoms with Gasteiger partial charge in [0.15, 0.2) is 0 Å². The molecule has 0 spiro atoms. The van der Waals surface area contributed by atoms with E-state index in [4.69, 9.17) is 0 Å². The van der Waals surface area contributed by atoms with E-state index in [2.05, 4.69) is 53.8 Å². The van der Waals surface area contributed by atoms with Gasteiger partial charge in [-0.05, 0) is 36.0 Å². The van der Waals surface area contributed by atoms with Crippen molar-refractivity contribution < 1.29 is 9.59 Å². The van der Waals surface area contributed by atoms with Crippen LogP contribution in [-0.2, 0) is 16.0 Å². The first-order valence-corrected chi connectivity index (χ1v) is 13.4. The quantitative estimate of drug-likeness (QED) is 0.358. The van der Waals surface area contributed by atoms with Gasteiger partial charge in [-0.1, -0.05) is 110 Å². The van der Waals surface area contributed by atoms with Crippen molar-refractivity contribution in [1.82, 2.24) is 10.2 Å². The first kappa shape index (κ1) is 25.7. The Morgan fingerprint density at radius 1 is 0.778 bits per heavy atom. The van der Waals surface area contributed by atoms with Gasteiger partial charge in [0, 0.05) is 31.5 Å². The molecule has 0 aromatic heterocycles. The summed E-state index contributed by atoms with van der Waals surface area (Å²) in [5.41, 5.74) is 3.54. The van der Waals surface area contributed by atoms with E-state index < -0.39 is 0 Å². The van der Waals surface area contributed by atoms with Crippen molar-refractivity contribution in [3.05, 3.63) is 108 Å². The molecule has 1 N–H and O–H groups in total. The lowest BCUT2D eigenvalue weighted by atomic mass is 9.88. The van der Waals surface area contributed by atoms with Gasteiger partial charge in [0.1, 0.15) is 0 Å². The van der Waals surface area contributed by atoms with Crippen molar-refractivity contribution >= 4 is 11.8 Å². The largest absolute Gasteiger partial charge is 0.356 e. The van der Waals surface area contributed by atoms with Gasteiger partial charge in [-0.3, -0.25) is 9.59 Å². The zero-order chi connectivity index (χ0) is 25.0. The maximum absolute atomic E-state index is 13.2. The molecule has 0 bridgehead atoms. The van der Waals surface area contributed by atoms with E-state index in [1.165, 1.54) is 17.5 Å². The summed E-state index contributed by atoms with van der Waals surface area (Å²) < 4.78 is 0. The summed E-state index contributed by atoms with van der Waals surface area (Å²) in [6, 6.07) is 31.1. The fourth-order valence-corrected chi connectivity index (χ4v) is 5.34. The summed E-state index contributed by atoms with van der Waals surface area (Å²) in [5, 5.41) is 3.12. The van der Waals surface area contributed by atoms with Crippen LogP contribution in [0.4, 0.5) is 0 Å². The number of benzene rings is 3. The van der Waals surface area contributed by atoms with Crippen molar-refractivity contribution in [2.75, 3.05) is 13.1 Å². The zero-order valence-electron chi connectivity index (χ0n) is 21.1. The minimum atomic E-state index is 0.0168. The van der Waals surface area contributed by atoms with E-state index in [1.54, 1.807) is 0 Å². The number of nitrogens with zero attached hydrogens (tertiary/aromatic N) is 1. The summed E-state index contributed by atoms with van der Waals surface area (Å²) in [4.78, 5) is 28.0. The predicted octanol–water partition coefficient (Wildman–Crippen LogP) is 6.12. The molecule has 4 rings (SSSR count). The maximum Gasteiger partial charge on any atom is 0.227 e. The summed E-state index contributed by atoms with van der Waals surface area (Å²) in [5.74, 6) is 0.385. The van der Waals surface area contributed by atoms with Crippen LogP contribution in [0.3, 0.4) is 0 Å². The molecule has 3 aromatic carbocycles. The Hall–Kier alpha value is -3.40. The summed E-state index contributed by atoms with van der Waals surface area (Å²) in [6.07, 6.45) is 7.21. The molecule has 0 atom stereocenters. The molecule has 0 aliphatic heterocycles. The van der Waals surface area contributed by atoms with Crippen molar-refractivity contribution in [2.24, 2.45) is 0 Å². The first-order chi connectivity index (χ1) is 17.7. The Balaban J connectivity index is 1.32. The van der Waals surface area contributed by atoms with Gasteiger partial charge in [0.05, 0.1) is 6.42 Å². The van der Waals surface area contributed by atoms with Crippen LogP contribution < -0.4 is 5.32 Å². The predicted molar refractivity (Wildman–Crippen MR) is 146 cm³/mol. The monoisotopic (exact) mass is 482 g/mol. The second-order valence-electron chi connectivity index (χ2n) is 9.80. The molecule has 0 radical (unpaired) electrons. The lowest BCUT2D eigenvalue weighted by Crippen LogP contribution is -2.44. The van der Waals surface area contributed by atoms with E-state index >= 15 is 0 Å². The molecule has 0 heterocycles. The van der Waals surface area contributed by atoms with Gasteiger partial charge < -0.3 is 10.2 Å². The number of carbonyl (C=O) groups excluding carboxylic acids is 2. The van der Waals surface area contributed by atoms with Gasteiger partial charge in [0.2, 0.25) is 11.8 Å². The molecule has 0 unspecified atom stereocenters. The fraction of sp³-hybridized carbons (Fsp3) is 0.375. The highest BCUT2D eigenvalue weighted by Gasteiger charge is 2.26. The molecular formula is C32H38N2O2. The van der Waals surface area contributed by atoms with Crippen LogP contribution in [0.5, 0.6) is 0 Å². The number of amides is 2. The normalized spacial score (nSPS) is 13.9. The molecule has 3 aromatic rings. The minimum Gasteiger partial charge on any atom is -0.356 e. The standard InChI is InChI=1S/C32H38N2O2/c35-31(33-23-21-30(27-15-7-2-8-16-27)28-17-9-3-10-18-28)22-24-34(29-19-11-4-12-20-29)32(36)25-26-13-5-1-6-14-26/h1-3,5-10,13-18,29-30H,4,11-12,19-25H2,(H,33,35). The highest BCUT2D eigenvalue weighted by molar-refractivity contribution is 5.81. The number of carbonyl (C=O) groups is 2. The number of hydrogen-bond acceptors (Lipinski definition) is 2. The van der Waals surface area contributed by atoms with E-state index in [0.717, 1.165) is 37.7 Å². The Morgan fingerprint density at radius 3 is 1.92 bits per heavy atom. The second kappa shape index (κ2) is 13.6.